The lowest BCUT2D eigenvalue weighted by molar-refractivity contribution is -0.138. The van der Waals surface area contributed by atoms with Gasteiger partial charge in [0.2, 0.25) is 5.91 Å². The molecule has 3 atom stereocenters. The second-order valence-electron chi connectivity index (χ2n) is 13.0. The average Bonchev–Trinajstić information content (AvgIpc) is 2.98. The smallest absolute Gasteiger partial charge is 0.227 e. The SMILES string of the molecule is CC(C)C[C@@H]1CN(CC(Cc2ccc(Cl)cc2Cl)N(C)C)[C@@H](CCCNCCN)CN1C(=O)Cc1ccc2ccccc2c1. The molecule has 1 saturated heterocycles. The molecule has 8 heteroatoms. The van der Waals surface area contributed by atoms with Crippen molar-refractivity contribution in [2.75, 3.05) is 53.4 Å². The highest BCUT2D eigenvalue weighted by molar-refractivity contribution is 6.35. The summed E-state index contributed by atoms with van der Waals surface area (Å²) < 4.78 is 0. The summed E-state index contributed by atoms with van der Waals surface area (Å²) in [7, 11) is 4.30. The van der Waals surface area contributed by atoms with E-state index in [0.717, 1.165) is 69.5 Å². The number of rotatable bonds is 15. The summed E-state index contributed by atoms with van der Waals surface area (Å²) >= 11 is 12.8. The molecule has 3 N–H and O–H groups in total. The van der Waals surface area contributed by atoms with E-state index in [1.54, 1.807) is 0 Å². The van der Waals surface area contributed by atoms with E-state index in [-0.39, 0.29) is 24.0 Å². The lowest BCUT2D eigenvalue weighted by Gasteiger charge is -2.48. The Morgan fingerprint density at radius 1 is 1.00 bits per heavy atom. The number of amides is 1. The lowest BCUT2D eigenvalue weighted by atomic mass is 9.93. The Hall–Kier alpha value is -2.19. The molecule has 1 aliphatic rings. The molecule has 1 aliphatic heterocycles. The van der Waals surface area contributed by atoms with Gasteiger partial charge in [-0.15, -0.1) is 0 Å². The van der Waals surface area contributed by atoms with E-state index in [2.05, 4.69) is 90.4 Å². The molecule has 6 nitrogen and oxygen atoms in total. The van der Waals surface area contributed by atoms with Crippen molar-refractivity contribution in [2.45, 2.75) is 64.1 Å². The van der Waals surface area contributed by atoms with Crippen LogP contribution in [0.5, 0.6) is 0 Å². The summed E-state index contributed by atoms with van der Waals surface area (Å²) in [6, 6.07) is 21.3. The van der Waals surface area contributed by atoms with Crippen LogP contribution in [0.2, 0.25) is 10.0 Å². The Morgan fingerprint density at radius 3 is 2.48 bits per heavy atom. The maximum Gasteiger partial charge on any atom is 0.227 e. The molecule has 0 saturated carbocycles. The van der Waals surface area contributed by atoms with Crippen LogP contribution in [0.1, 0.15) is 44.2 Å². The molecule has 0 aromatic heterocycles. The molecule has 240 valence electrons. The summed E-state index contributed by atoms with van der Waals surface area (Å²) in [5.41, 5.74) is 7.89. The number of halogens is 2. The van der Waals surface area contributed by atoms with Crippen molar-refractivity contribution in [3.05, 3.63) is 81.8 Å². The average molecular weight is 641 g/mol. The van der Waals surface area contributed by atoms with Crippen LogP contribution < -0.4 is 11.1 Å². The Labute approximate surface area is 274 Å². The van der Waals surface area contributed by atoms with Crippen molar-refractivity contribution >= 4 is 39.9 Å². The highest BCUT2D eigenvalue weighted by Crippen LogP contribution is 2.28. The highest BCUT2D eigenvalue weighted by atomic mass is 35.5. The highest BCUT2D eigenvalue weighted by Gasteiger charge is 2.37. The fourth-order valence-corrected chi connectivity index (χ4v) is 6.98. The molecule has 0 radical (unpaired) electrons. The summed E-state index contributed by atoms with van der Waals surface area (Å²) in [5.74, 6) is 0.723. The van der Waals surface area contributed by atoms with E-state index >= 15 is 0 Å². The largest absolute Gasteiger partial charge is 0.337 e. The molecule has 1 unspecified atom stereocenters. The number of likely N-dealkylation sites (N-methyl/N-ethyl adjacent to an activating group) is 1. The standard InChI is InChI=1S/C36H51Cl2N5O/c1-26(2)18-34-24-42(23-33(41(3)4)21-30-13-14-31(37)22-35(30)38)32(10-7-16-40-17-15-39)25-43(34)36(44)20-27-11-12-28-8-5-6-9-29(28)19-27/h5-6,8-9,11-14,19,22,26,32-34,40H,7,10,15-18,20-21,23-25,39H2,1-4H3/t32-,33?,34+/m0/s1. The predicted octanol–water partition coefficient (Wildman–Crippen LogP) is 6.12. The van der Waals surface area contributed by atoms with Gasteiger partial charge in [-0.05, 0) is 86.3 Å². The van der Waals surface area contributed by atoms with Crippen LogP contribution >= 0.6 is 23.2 Å². The molecule has 4 rings (SSSR count). The maximum absolute atomic E-state index is 14.0. The van der Waals surface area contributed by atoms with Crippen molar-refractivity contribution < 1.29 is 4.79 Å². The van der Waals surface area contributed by atoms with Gasteiger partial charge in [0.15, 0.2) is 0 Å². The lowest BCUT2D eigenvalue weighted by Crippen LogP contribution is -2.62. The topological polar surface area (TPSA) is 64.8 Å². The molecule has 0 aliphatic carbocycles. The third kappa shape index (κ3) is 9.90. The zero-order valence-electron chi connectivity index (χ0n) is 26.9. The molecule has 1 amide bonds. The summed E-state index contributed by atoms with van der Waals surface area (Å²) in [5, 5.41) is 7.21. The number of nitrogens with one attached hydrogen (secondary N) is 1. The minimum atomic E-state index is 0.177. The predicted molar refractivity (Wildman–Crippen MR) is 187 cm³/mol. The zero-order valence-corrected chi connectivity index (χ0v) is 28.5. The fourth-order valence-electron chi connectivity index (χ4n) is 6.50. The Bertz CT molecular complexity index is 1350. The second-order valence-corrected chi connectivity index (χ2v) is 13.9. The van der Waals surface area contributed by atoms with Crippen molar-refractivity contribution in [3.63, 3.8) is 0 Å². The van der Waals surface area contributed by atoms with Crippen LogP contribution in [0.15, 0.2) is 60.7 Å². The summed E-state index contributed by atoms with van der Waals surface area (Å²) in [6.45, 7) is 9.46. The van der Waals surface area contributed by atoms with E-state index in [1.165, 1.54) is 10.8 Å². The van der Waals surface area contributed by atoms with E-state index in [0.29, 0.717) is 28.9 Å². The quantitative estimate of drug-likeness (QED) is 0.196. The van der Waals surface area contributed by atoms with Crippen molar-refractivity contribution in [1.29, 1.82) is 0 Å². The Kier molecular flexibility index (Phi) is 13.3. The van der Waals surface area contributed by atoms with Gasteiger partial charge in [-0.3, -0.25) is 9.69 Å². The summed E-state index contributed by atoms with van der Waals surface area (Å²) in [6.07, 6.45) is 4.32. The molecule has 1 heterocycles. The first-order valence-electron chi connectivity index (χ1n) is 16.2. The van der Waals surface area contributed by atoms with Gasteiger partial charge < -0.3 is 20.9 Å². The number of hydrogen-bond donors (Lipinski definition) is 2. The van der Waals surface area contributed by atoms with Crippen LogP contribution in [0.4, 0.5) is 0 Å². The van der Waals surface area contributed by atoms with Gasteiger partial charge >= 0.3 is 0 Å². The minimum Gasteiger partial charge on any atom is -0.337 e. The summed E-state index contributed by atoms with van der Waals surface area (Å²) in [4.78, 5) is 21.2. The van der Waals surface area contributed by atoms with Gasteiger partial charge in [0, 0.05) is 60.9 Å². The van der Waals surface area contributed by atoms with Gasteiger partial charge in [0.1, 0.15) is 0 Å². The van der Waals surface area contributed by atoms with Gasteiger partial charge in [-0.1, -0.05) is 85.6 Å². The van der Waals surface area contributed by atoms with E-state index in [1.807, 2.05) is 18.2 Å². The Balaban J connectivity index is 1.55. The number of nitrogens with zero attached hydrogens (tertiary/aromatic N) is 3. The number of carbonyl (C=O) groups is 1. The molecule has 1 fully saturated rings. The second kappa shape index (κ2) is 16.9. The van der Waals surface area contributed by atoms with Crippen molar-refractivity contribution in [3.8, 4) is 0 Å². The molecule has 3 aromatic rings. The number of carbonyl (C=O) groups excluding carboxylic acids is 1. The third-order valence-electron chi connectivity index (χ3n) is 8.90. The monoisotopic (exact) mass is 639 g/mol. The van der Waals surface area contributed by atoms with Crippen LogP contribution in [0.3, 0.4) is 0 Å². The first kappa shape index (κ1) is 34.7. The van der Waals surface area contributed by atoms with E-state index in [4.69, 9.17) is 28.9 Å². The molecule has 0 spiro atoms. The van der Waals surface area contributed by atoms with Crippen molar-refractivity contribution in [1.82, 2.24) is 20.0 Å². The fraction of sp³-hybridized carbons (Fsp3) is 0.528. The third-order valence-corrected chi connectivity index (χ3v) is 9.49. The van der Waals surface area contributed by atoms with Gasteiger partial charge in [-0.2, -0.15) is 0 Å². The molecule has 0 bridgehead atoms. The van der Waals surface area contributed by atoms with Gasteiger partial charge in [-0.25, -0.2) is 0 Å². The molecule has 44 heavy (non-hydrogen) atoms. The maximum atomic E-state index is 14.0. The van der Waals surface area contributed by atoms with Gasteiger partial charge in [0.05, 0.1) is 6.42 Å². The van der Waals surface area contributed by atoms with Crippen LogP contribution in [-0.4, -0.2) is 92.1 Å². The molecular formula is C36H51Cl2N5O. The van der Waals surface area contributed by atoms with Crippen molar-refractivity contribution in [2.24, 2.45) is 11.7 Å². The van der Waals surface area contributed by atoms with Crippen LogP contribution in [0, 0.1) is 5.92 Å². The number of piperazine rings is 1. The van der Waals surface area contributed by atoms with E-state index in [9.17, 15) is 4.79 Å². The first-order chi connectivity index (χ1) is 21.1. The number of fused-ring (bicyclic) bond motifs is 1. The number of hydrogen-bond acceptors (Lipinski definition) is 5. The molecular weight excluding hydrogens is 589 g/mol. The zero-order chi connectivity index (χ0) is 31.6. The van der Waals surface area contributed by atoms with Gasteiger partial charge in [0.25, 0.3) is 0 Å². The van der Waals surface area contributed by atoms with E-state index < -0.39 is 0 Å². The normalized spacial score (nSPS) is 18.4. The van der Waals surface area contributed by atoms with Crippen LogP contribution in [-0.2, 0) is 17.6 Å². The Morgan fingerprint density at radius 2 is 1.77 bits per heavy atom. The van der Waals surface area contributed by atoms with Crippen LogP contribution in [0.25, 0.3) is 10.8 Å². The number of benzene rings is 3. The molecule has 3 aromatic carbocycles. The number of nitrogens with two attached hydrogens (primary N) is 1. The minimum absolute atomic E-state index is 0.177. The first-order valence-corrected chi connectivity index (χ1v) is 16.9.